The number of anilines is 1. The summed E-state index contributed by atoms with van der Waals surface area (Å²) in [6.07, 6.45) is 1.78. The maximum absolute atomic E-state index is 12.3. The molecular weight excluding hydrogens is 374 g/mol. The molecule has 30 heavy (non-hydrogen) atoms. The highest BCUT2D eigenvalue weighted by Crippen LogP contribution is 2.22. The molecule has 0 aliphatic heterocycles. The fourth-order valence-corrected chi connectivity index (χ4v) is 3.39. The van der Waals surface area contributed by atoms with Gasteiger partial charge in [0, 0.05) is 5.69 Å². The number of aryl methyl sites for hydroxylation is 2. The molecule has 0 fully saturated rings. The van der Waals surface area contributed by atoms with Gasteiger partial charge in [-0.15, -0.1) is 0 Å². The molecule has 3 rings (SSSR count). The van der Waals surface area contributed by atoms with Crippen LogP contribution in [0.1, 0.15) is 30.5 Å². The van der Waals surface area contributed by atoms with Crippen molar-refractivity contribution < 1.29 is 14.3 Å². The number of hydrogen-bond donors (Lipinski definition) is 1. The summed E-state index contributed by atoms with van der Waals surface area (Å²) in [5.74, 6) is -0.740. The highest BCUT2D eigenvalue weighted by atomic mass is 16.5. The molecule has 4 heteroatoms. The van der Waals surface area contributed by atoms with Crippen molar-refractivity contribution in [1.29, 1.82) is 0 Å². The van der Waals surface area contributed by atoms with Crippen LogP contribution in [-0.4, -0.2) is 18.5 Å². The van der Waals surface area contributed by atoms with Gasteiger partial charge in [0.2, 0.25) is 0 Å². The summed E-state index contributed by atoms with van der Waals surface area (Å²) in [6.45, 7) is 3.81. The molecule has 4 nitrogen and oxygen atoms in total. The predicted octanol–water partition coefficient (Wildman–Crippen LogP) is 5.20. The zero-order valence-corrected chi connectivity index (χ0v) is 17.5. The molecule has 0 atom stereocenters. The second-order valence-corrected chi connectivity index (χ2v) is 7.11. The van der Waals surface area contributed by atoms with Crippen LogP contribution in [-0.2, 0) is 33.6 Å². The van der Waals surface area contributed by atoms with Gasteiger partial charge in [0.1, 0.15) is 0 Å². The molecule has 1 amide bonds. The number of carbonyl (C=O) groups is 2. The van der Waals surface area contributed by atoms with E-state index < -0.39 is 5.97 Å². The third-order valence-electron chi connectivity index (χ3n) is 5.04. The number of carbonyl (C=O) groups excluding carboxylic acids is 2. The Bertz CT molecular complexity index is 972. The number of hydrogen-bond acceptors (Lipinski definition) is 3. The van der Waals surface area contributed by atoms with Crippen molar-refractivity contribution in [2.75, 3.05) is 11.9 Å². The Morgan fingerprint density at radius 2 is 1.37 bits per heavy atom. The largest absolute Gasteiger partial charge is 0.455 e. The molecule has 0 bridgehead atoms. The SMILES string of the molecule is CCc1cccc(CC)c1NC(=O)COC(=O)Cc1ccc(-c2ccccc2)cc1. The van der Waals surface area contributed by atoms with Crippen molar-refractivity contribution >= 4 is 17.6 Å². The van der Waals surface area contributed by atoms with Crippen LogP contribution in [0.2, 0.25) is 0 Å². The van der Waals surface area contributed by atoms with Crippen LogP contribution < -0.4 is 5.32 Å². The van der Waals surface area contributed by atoms with Crippen LogP contribution in [0.5, 0.6) is 0 Å². The van der Waals surface area contributed by atoms with E-state index in [1.807, 2.05) is 86.6 Å². The standard InChI is InChI=1S/C26H27NO3/c1-3-20-11-8-12-21(4-2)26(20)27-24(28)18-30-25(29)17-19-13-15-23(16-14-19)22-9-6-5-7-10-22/h5-16H,3-4,17-18H2,1-2H3,(H,27,28). The quantitative estimate of drug-likeness (QED) is 0.528. The van der Waals surface area contributed by atoms with Crippen molar-refractivity contribution in [3.05, 3.63) is 89.5 Å². The molecule has 3 aromatic carbocycles. The number of rotatable bonds is 8. The molecule has 0 aliphatic carbocycles. The first-order valence-corrected chi connectivity index (χ1v) is 10.3. The predicted molar refractivity (Wildman–Crippen MR) is 120 cm³/mol. The van der Waals surface area contributed by atoms with E-state index in [1.165, 1.54) is 0 Å². The van der Waals surface area contributed by atoms with E-state index in [9.17, 15) is 9.59 Å². The lowest BCUT2D eigenvalue weighted by Gasteiger charge is -2.14. The van der Waals surface area contributed by atoms with Crippen LogP contribution in [0.4, 0.5) is 5.69 Å². The molecule has 0 spiro atoms. The van der Waals surface area contributed by atoms with Crippen molar-refractivity contribution in [1.82, 2.24) is 0 Å². The number of nitrogens with one attached hydrogen (secondary N) is 1. The van der Waals surface area contributed by atoms with Gasteiger partial charge in [0.05, 0.1) is 6.42 Å². The first kappa shape index (κ1) is 21.3. The van der Waals surface area contributed by atoms with Crippen molar-refractivity contribution in [2.24, 2.45) is 0 Å². The maximum Gasteiger partial charge on any atom is 0.310 e. The molecule has 0 saturated carbocycles. The summed E-state index contributed by atoms with van der Waals surface area (Å²) in [5, 5.41) is 2.91. The zero-order chi connectivity index (χ0) is 21.3. The Labute approximate surface area is 177 Å². The second kappa shape index (κ2) is 10.4. The topological polar surface area (TPSA) is 55.4 Å². The highest BCUT2D eigenvalue weighted by molar-refractivity contribution is 5.94. The number of ether oxygens (including phenoxy) is 1. The van der Waals surface area contributed by atoms with E-state index in [2.05, 4.69) is 5.32 Å². The normalized spacial score (nSPS) is 10.5. The Balaban J connectivity index is 1.53. The van der Waals surface area contributed by atoms with Crippen LogP contribution in [0.3, 0.4) is 0 Å². The average molecular weight is 402 g/mol. The lowest BCUT2D eigenvalue weighted by atomic mass is 10.0. The third-order valence-corrected chi connectivity index (χ3v) is 5.04. The molecule has 0 radical (unpaired) electrons. The molecule has 0 heterocycles. The minimum atomic E-state index is -0.419. The number of benzene rings is 3. The fourth-order valence-electron chi connectivity index (χ4n) is 3.39. The molecule has 1 N–H and O–H groups in total. The molecule has 154 valence electrons. The lowest BCUT2D eigenvalue weighted by Crippen LogP contribution is -2.23. The van der Waals surface area contributed by atoms with Gasteiger partial charge in [-0.1, -0.05) is 86.6 Å². The van der Waals surface area contributed by atoms with E-state index in [4.69, 9.17) is 4.74 Å². The smallest absolute Gasteiger partial charge is 0.310 e. The van der Waals surface area contributed by atoms with E-state index >= 15 is 0 Å². The van der Waals surface area contributed by atoms with Crippen LogP contribution in [0.25, 0.3) is 11.1 Å². The lowest BCUT2D eigenvalue weighted by molar-refractivity contribution is -0.146. The minimum absolute atomic E-state index is 0.133. The van der Waals surface area contributed by atoms with E-state index in [0.29, 0.717) is 0 Å². The average Bonchev–Trinajstić information content (AvgIpc) is 2.79. The number of esters is 1. The summed E-state index contributed by atoms with van der Waals surface area (Å²) >= 11 is 0. The fraction of sp³-hybridized carbons (Fsp3) is 0.231. The highest BCUT2D eigenvalue weighted by Gasteiger charge is 2.13. The Kier molecular flexibility index (Phi) is 7.39. The van der Waals surface area contributed by atoms with E-state index in [0.717, 1.165) is 46.3 Å². The molecule has 3 aromatic rings. The summed E-state index contributed by atoms with van der Waals surface area (Å²) < 4.78 is 5.19. The van der Waals surface area contributed by atoms with E-state index in [1.54, 1.807) is 0 Å². The second-order valence-electron chi connectivity index (χ2n) is 7.11. The van der Waals surface area contributed by atoms with Gasteiger partial charge in [0.25, 0.3) is 5.91 Å². The number of amides is 1. The van der Waals surface area contributed by atoms with Crippen molar-refractivity contribution in [3.63, 3.8) is 0 Å². The first-order chi connectivity index (χ1) is 14.6. The van der Waals surface area contributed by atoms with Gasteiger partial charge >= 0.3 is 5.97 Å². The molecule has 0 aromatic heterocycles. The Morgan fingerprint density at radius 3 is 1.97 bits per heavy atom. The van der Waals surface area contributed by atoms with Gasteiger partial charge in [-0.2, -0.15) is 0 Å². The molecule has 0 unspecified atom stereocenters. The van der Waals surface area contributed by atoms with Gasteiger partial charge in [-0.3, -0.25) is 9.59 Å². The summed E-state index contributed by atoms with van der Waals surface area (Å²) in [7, 11) is 0. The van der Waals surface area contributed by atoms with Gasteiger partial charge in [-0.25, -0.2) is 0 Å². The van der Waals surface area contributed by atoms with Gasteiger partial charge < -0.3 is 10.1 Å². The number of para-hydroxylation sites is 1. The summed E-state index contributed by atoms with van der Waals surface area (Å²) in [5.41, 5.74) is 6.06. The molecule has 0 aliphatic rings. The van der Waals surface area contributed by atoms with Crippen molar-refractivity contribution in [2.45, 2.75) is 33.1 Å². The third kappa shape index (κ3) is 5.57. The first-order valence-electron chi connectivity index (χ1n) is 10.3. The van der Waals surface area contributed by atoms with Crippen LogP contribution in [0.15, 0.2) is 72.8 Å². The summed E-state index contributed by atoms with van der Waals surface area (Å²) in [4.78, 5) is 24.5. The van der Waals surface area contributed by atoms with Gasteiger partial charge in [-0.05, 0) is 40.7 Å². The minimum Gasteiger partial charge on any atom is -0.455 e. The Hall–Kier alpha value is -3.40. The molecule has 0 saturated heterocycles. The van der Waals surface area contributed by atoms with Gasteiger partial charge in [0.15, 0.2) is 6.61 Å². The Morgan fingerprint density at radius 1 is 0.767 bits per heavy atom. The van der Waals surface area contributed by atoms with Crippen LogP contribution >= 0.6 is 0 Å². The van der Waals surface area contributed by atoms with Crippen LogP contribution in [0, 0.1) is 0 Å². The monoisotopic (exact) mass is 401 g/mol. The zero-order valence-electron chi connectivity index (χ0n) is 17.5. The molecular formula is C26H27NO3. The van der Waals surface area contributed by atoms with Crippen molar-refractivity contribution in [3.8, 4) is 11.1 Å². The maximum atomic E-state index is 12.3. The summed E-state index contributed by atoms with van der Waals surface area (Å²) in [6, 6.07) is 23.8. The van der Waals surface area contributed by atoms with E-state index in [-0.39, 0.29) is 18.9 Å².